The van der Waals surface area contributed by atoms with E-state index in [-0.39, 0.29) is 17.5 Å². The molecule has 1 aromatic rings. The second-order valence-corrected chi connectivity index (χ2v) is 6.37. The Bertz CT molecular complexity index is 586. The third-order valence-corrected chi connectivity index (χ3v) is 4.24. The molecule has 1 fully saturated rings. The number of nitrogens with one attached hydrogen (secondary N) is 2. The highest BCUT2D eigenvalue weighted by Gasteiger charge is 2.19. The third-order valence-electron chi connectivity index (χ3n) is 3.75. The zero-order valence-corrected chi connectivity index (χ0v) is 14.0. The molecular weight excluding hydrogens is 342 g/mol. The number of carbonyl (C=O) groups is 1. The van der Waals surface area contributed by atoms with Crippen LogP contribution in [0.2, 0.25) is 0 Å². The molecule has 2 rings (SSSR count). The molecule has 1 aliphatic rings. The Labute approximate surface area is 139 Å². The van der Waals surface area contributed by atoms with Crippen LogP contribution in [0.3, 0.4) is 0 Å². The van der Waals surface area contributed by atoms with Crippen molar-refractivity contribution >= 4 is 21.8 Å². The van der Waals surface area contributed by atoms with E-state index in [1.165, 1.54) is 11.8 Å². The van der Waals surface area contributed by atoms with E-state index < -0.39 is 0 Å². The molecular formula is C17H20BrN3O. The highest BCUT2D eigenvalue weighted by molar-refractivity contribution is 9.10. The van der Waals surface area contributed by atoms with Gasteiger partial charge in [-0.05, 0) is 37.0 Å². The molecule has 1 amide bonds. The summed E-state index contributed by atoms with van der Waals surface area (Å²) in [6, 6.07) is 10.3. The van der Waals surface area contributed by atoms with E-state index in [9.17, 15) is 4.79 Å². The number of rotatable bonds is 6. The normalized spacial score (nSPS) is 15.4. The van der Waals surface area contributed by atoms with Crippen molar-refractivity contribution in [1.82, 2.24) is 10.6 Å². The molecule has 0 radical (unpaired) electrons. The van der Waals surface area contributed by atoms with Crippen LogP contribution in [0.5, 0.6) is 0 Å². The van der Waals surface area contributed by atoms with Crippen LogP contribution in [-0.4, -0.2) is 18.5 Å². The van der Waals surface area contributed by atoms with Gasteiger partial charge in [-0.3, -0.25) is 4.79 Å². The van der Waals surface area contributed by atoms with Crippen LogP contribution in [0.15, 0.2) is 40.5 Å². The lowest BCUT2D eigenvalue weighted by atomic mass is 10.1. The maximum atomic E-state index is 12.0. The van der Waals surface area contributed by atoms with Crippen LogP contribution in [0.25, 0.3) is 0 Å². The molecule has 0 atom stereocenters. The van der Waals surface area contributed by atoms with Gasteiger partial charge in [0.1, 0.15) is 11.6 Å². The number of halogens is 1. The molecule has 5 heteroatoms. The minimum atomic E-state index is -0.274. The highest BCUT2D eigenvalue weighted by atomic mass is 79.9. The van der Waals surface area contributed by atoms with E-state index in [4.69, 9.17) is 5.26 Å². The average molecular weight is 362 g/mol. The van der Waals surface area contributed by atoms with Crippen LogP contribution in [0.1, 0.15) is 31.2 Å². The fourth-order valence-electron chi connectivity index (χ4n) is 2.57. The molecule has 0 aromatic heterocycles. The van der Waals surface area contributed by atoms with Crippen molar-refractivity contribution in [3.05, 3.63) is 46.1 Å². The van der Waals surface area contributed by atoms with Crippen molar-refractivity contribution in [3.8, 4) is 6.07 Å². The van der Waals surface area contributed by atoms with Gasteiger partial charge in [-0.1, -0.05) is 40.9 Å². The molecule has 1 saturated carbocycles. The molecule has 0 heterocycles. The monoisotopic (exact) mass is 361 g/mol. The van der Waals surface area contributed by atoms with Gasteiger partial charge < -0.3 is 10.6 Å². The molecule has 0 spiro atoms. The first-order valence-electron chi connectivity index (χ1n) is 7.58. The Morgan fingerprint density at radius 1 is 1.41 bits per heavy atom. The van der Waals surface area contributed by atoms with Crippen molar-refractivity contribution in [3.63, 3.8) is 0 Å². The second kappa shape index (κ2) is 8.60. The van der Waals surface area contributed by atoms with Crippen LogP contribution in [0, 0.1) is 11.3 Å². The molecule has 0 aliphatic heterocycles. The smallest absolute Gasteiger partial charge is 0.263 e. The predicted molar refractivity (Wildman–Crippen MR) is 89.9 cm³/mol. The lowest BCUT2D eigenvalue weighted by Gasteiger charge is -2.11. The molecule has 1 aromatic carbocycles. The lowest BCUT2D eigenvalue weighted by Crippen LogP contribution is -2.34. The van der Waals surface area contributed by atoms with E-state index in [1.54, 1.807) is 0 Å². The van der Waals surface area contributed by atoms with Gasteiger partial charge in [0.05, 0.1) is 0 Å². The highest BCUT2D eigenvalue weighted by Crippen LogP contribution is 2.17. The van der Waals surface area contributed by atoms with E-state index in [0.717, 1.165) is 36.6 Å². The van der Waals surface area contributed by atoms with Gasteiger partial charge in [0.2, 0.25) is 0 Å². The number of carbonyl (C=O) groups excluding carboxylic acids is 1. The molecule has 116 valence electrons. The van der Waals surface area contributed by atoms with Gasteiger partial charge in [0.15, 0.2) is 0 Å². The van der Waals surface area contributed by atoms with Crippen molar-refractivity contribution in [2.24, 2.45) is 0 Å². The van der Waals surface area contributed by atoms with Gasteiger partial charge in [0.25, 0.3) is 5.91 Å². The quantitative estimate of drug-likeness (QED) is 0.464. The summed E-state index contributed by atoms with van der Waals surface area (Å²) in [5.74, 6) is -0.274. The summed E-state index contributed by atoms with van der Waals surface area (Å²) in [6.07, 6.45) is 6.69. The molecule has 22 heavy (non-hydrogen) atoms. The van der Waals surface area contributed by atoms with Crippen molar-refractivity contribution in [2.75, 3.05) is 6.54 Å². The minimum Gasteiger partial charge on any atom is -0.389 e. The largest absolute Gasteiger partial charge is 0.389 e. The first kappa shape index (κ1) is 16.6. The Morgan fingerprint density at radius 3 is 2.86 bits per heavy atom. The standard InChI is InChI=1S/C17H20BrN3O/c18-15-5-3-4-13(10-15)8-9-20-12-14(11-19)17(22)21-16-6-1-2-7-16/h3-5,10,12,16,20H,1-2,6-9H2,(H,21,22)/b14-12-. The van der Waals surface area contributed by atoms with Gasteiger partial charge >= 0.3 is 0 Å². The summed E-state index contributed by atoms with van der Waals surface area (Å²) in [5.41, 5.74) is 1.34. The first-order valence-corrected chi connectivity index (χ1v) is 8.37. The van der Waals surface area contributed by atoms with Crippen molar-refractivity contribution < 1.29 is 4.79 Å². The maximum Gasteiger partial charge on any atom is 0.263 e. The second-order valence-electron chi connectivity index (χ2n) is 5.46. The van der Waals surface area contributed by atoms with Crippen LogP contribution < -0.4 is 10.6 Å². The lowest BCUT2D eigenvalue weighted by molar-refractivity contribution is -0.117. The van der Waals surface area contributed by atoms with Crippen LogP contribution in [0.4, 0.5) is 0 Å². The Kier molecular flexibility index (Phi) is 6.47. The summed E-state index contributed by atoms with van der Waals surface area (Å²) in [4.78, 5) is 12.0. The SMILES string of the molecule is N#C/C(=C/NCCc1cccc(Br)c1)C(=O)NC1CCCC1. The van der Waals surface area contributed by atoms with E-state index in [1.807, 2.05) is 24.3 Å². The average Bonchev–Trinajstić information content (AvgIpc) is 3.00. The number of nitriles is 1. The van der Waals surface area contributed by atoms with Crippen molar-refractivity contribution in [2.45, 2.75) is 38.1 Å². The zero-order valence-electron chi connectivity index (χ0n) is 12.4. The molecule has 0 saturated heterocycles. The number of hydrogen-bond donors (Lipinski definition) is 2. The molecule has 4 nitrogen and oxygen atoms in total. The first-order chi connectivity index (χ1) is 10.7. The Hall–Kier alpha value is -1.80. The van der Waals surface area contributed by atoms with Gasteiger partial charge in [-0.25, -0.2) is 0 Å². The molecule has 0 bridgehead atoms. The van der Waals surface area contributed by atoms with Crippen molar-refractivity contribution in [1.29, 1.82) is 5.26 Å². The zero-order chi connectivity index (χ0) is 15.8. The topological polar surface area (TPSA) is 64.9 Å². The predicted octanol–water partition coefficient (Wildman–Crippen LogP) is 3.05. The van der Waals surface area contributed by atoms with Gasteiger partial charge in [0, 0.05) is 23.3 Å². The Balaban J connectivity index is 1.79. The van der Waals surface area contributed by atoms with E-state index in [0.29, 0.717) is 6.54 Å². The number of amides is 1. The third kappa shape index (κ3) is 5.19. The summed E-state index contributed by atoms with van der Waals surface area (Å²) in [5, 5.41) is 15.1. The fourth-order valence-corrected chi connectivity index (χ4v) is 3.01. The van der Waals surface area contributed by atoms with Gasteiger partial charge in [-0.2, -0.15) is 5.26 Å². The van der Waals surface area contributed by atoms with E-state index >= 15 is 0 Å². The summed E-state index contributed by atoms with van der Waals surface area (Å²) >= 11 is 3.44. The molecule has 2 N–H and O–H groups in total. The number of nitrogens with zero attached hydrogens (tertiary/aromatic N) is 1. The maximum absolute atomic E-state index is 12.0. The van der Waals surface area contributed by atoms with Gasteiger partial charge in [-0.15, -0.1) is 0 Å². The van der Waals surface area contributed by atoms with Crippen LogP contribution >= 0.6 is 15.9 Å². The number of hydrogen-bond acceptors (Lipinski definition) is 3. The summed E-state index contributed by atoms with van der Waals surface area (Å²) < 4.78 is 1.05. The number of benzene rings is 1. The minimum absolute atomic E-state index is 0.140. The van der Waals surface area contributed by atoms with E-state index in [2.05, 4.69) is 32.6 Å². The molecule has 1 aliphatic carbocycles. The summed E-state index contributed by atoms with van der Waals surface area (Å²) in [6.45, 7) is 0.679. The fraction of sp³-hybridized carbons (Fsp3) is 0.412. The van der Waals surface area contributed by atoms with Crippen LogP contribution in [-0.2, 0) is 11.2 Å². The Morgan fingerprint density at radius 2 is 2.18 bits per heavy atom. The summed E-state index contributed by atoms with van der Waals surface area (Å²) in [7, 11) is 0. The molecule has 0 unspecified atom stereocenters.